The fourth-order valence-electron chi connectivity index (χ4n) is 2.58. The molecule has 0 aliphatic carbocycles. The van der Waals surface area contributed by atoms with Gasteiger partial charge in [-0.1, -0.05) is 11.3 Å². The van der Waals surface area contributed by atoms with Crippen molar-refractivity contribution >= 4 is 27.5 Å². The van der Waals surface area contributed by atoms with Crippen molar-refractivity contribution in [3.63, 3.8) is 0 Å². The van der Waals surface area contributed by atoms with Crippen LogP contribution in [0.3, 0.4) is 0 Å². The van der Waals surface area contributed by atoms with Gasteiger partial charge in [0.25, 0.3) is 5.91 Å². The highest BCUT2D eigenvalue weighted by Crippen LogP contribution is 2.36. The van der Waals surface area contributed by atoms with Crippen LogP contribution in [0.4, 0.5) is 13.2 Å². The molecule has 0 atom stereocenters. The summed E-state index contributed by atoms with van der Waals surface area (Å²) in [7, 11) is 1.75. The minimum absolute atomic E-state index is 0.0876. The molecule has 1 aliphatic heterocycles. The molecule has 26 heavy (non-hydrogen) atoms. The zero-order valence-corrected chi connectivity index (χ0v) is 14.1. The minimum atomic E-state index is -4.44. The molecule has 0 radical (unpaired) electrons. The van der Waals surface area contributed by atoms with E-state index in [1.807, 2.05) is 6.07 Å². The highest BCUT2D eigenvalue weighted by atomic mass is 32.1. The molecule has 0 spiro atoms. The number of ether oxygens (including phenoxy) is 2. The Bertz CT molecular complexity index is 1080. The van der Waals surface area contributed by atoms with E-state index >= 15 is 0 Å². The SMILES string of the molecule is Cn1c(=NC(=O)c2ccc(C(F)(F)F)cc2)sc2cc3c(cc21)OCO3. The topological polar surface area (TPSA) is 52.8 Å². The number of benzene rings is 2. The number of amides is 1. The predicted octanol–water partition coefficient (Wildman–Crippen LogP) is 3.73. The van der Waals surface area contributed by atoms with E-state index in [0.29, 0.717) is 16.3 Å². The Morgan fingerprint density at radius 1 is 1.15 bits per heavy atom. The van der Waals surface area contributed by atoms with E-state index in [4.69, 9.17) is 9.47 Å². The Kier molecular flexibility index (Phi) is 3.76. The van der Waals surface area contributed by atoms with Crippen LogP contribution in [0.1, 0.15) is 15.9 Å². The first-order valence-electron chi connectivity index (χ1n) is 7.48. The molecule has 0 saturated heterocycles. The monoisotopic (exact) mass is 380 g/mol. The van der Waals surface area contributed by atoms with Gasteiger partial charge in [-0.25, -0.2) is 0 Å². The van der Waals surface area contributed by atoms with Crippen molar-refractivity contribution in [2.24, 2.45) is 12.0 Å². The van der Waals surface area contributed by atoms with Gasteiger partial charge < -0.3 is 14.0 Å². The van der Waals surface area contributed by atoms with E-state index < -0.39 is 17.6 Å². The van der Waals surface area contributed by atoms with Gasteiger partial charge in [0.15, 0.2) is 16.3 Å². The maximum absolute atomic E-state index is 12.6. The maximum Gasteiger partial charge on any atom is 0.416 e. The Labute approximate surface area is 148 Å². The number of carbonyl (C=O) groups excluding carboxylic acids is 1. The number of alkyl halides is 3. The molecule has 2 heterocycles. The summed E-state index contributed by atoms with van der Waals surface area (Å²) < 4.78 is 51.1. The number of halogens is 3. The molecule has 0 saturated carbocycles. The van der Waals surface area contributed by atoms with Crippen molar-refractivity contribution in [1.29, 1.82) is 0 Å². The first kappa shape index (κ1) is 16.6. The average molecular weight is 380 g/mol. The van der Waals surface area contributed by atoms with Crippen LogP contribution < -0.4 is 14.3 Å². The summed E-state index contributed by atoms with van der Waals surface area (Å²) in [4.78, 5) is 16.8. The van der Waals surface area contributed by atoms with Gasteiger partial charge in [0, 0.05) is 24.7 Å². The third kappa shape index (κ3) is 2.84. The van der Waals surface area contributed by atoms with Crippen molar-refractivity contribution in [2.75, 3.05) is 6.79 Å². The second-order valence-corrected chi connectivity index (χ2v) is 6.62. The predicted molar refractivity (Wildman–Crippen MR) is 88.3 cm³/mol. The van der Waals surface area contributed by atoms with Crippen LogP contribution in [0.5, 0.6) is 11.5 Å². The molecule has 134 valence electrons. The molecule has 0 bridgehead atoms. The van der Waals surface area contributed by atoms with Gasteiger partial charge in [-0.3, -0.25) is 4.79 Å². The average Bonchev–Trinajstić information content (AvgIpc) is 3.17. The van der Waals surface area contributed by atoms with E-state index in [-0.39, 0.29) is 12.4 Å². The molecule has 1 aromatic heterocycles. The minimum Gasteiger partial charge on any atom is -0.454 e. The molecule has 3 aromatic rings. The fraction of sp³-hybridized carbons (Fsp3) is 0.176. The molecule has 0 N–H and O–H groups in total. The largest absolute Gasteiger partial charge is 0.454 e. The molecule has 4 rings (SSSR count). The van der Waals surface area contributed by atoms with Crippen LogP contribution in [0.2, 0.25) is 0 Å². The Hall–Kier alpha value is -2.81. The quantitative estimate of drug-likeness (QED) is 0.647. The van der Waals surface area contributed by atoms with Crippen LogP contribution in [-0.4, -0.2) is 17.3 Å². The molecule has 2 aromatic carbocycles. The summed E-state index contributed by atoms with van der Waals surface area (Å²) in [6, 6.07) is 7.59. The lowest BCUT2D eigenvalue weighted by molar-refractivity contribution is -0.137. The van der Waals surface area contributed by atoms with Gasteiger partial charge >= 0.3 is 6.18 Å². The lowest BCUT2D eigenvalue weighted by Crippen LogP contribution is -2.13. The van der Waals surface area contributed by atoms with Crippen LogP contribution in [0.15, 0.2) is 41.4 Å². The number of carbonyl (C=O) groups is 1. The van der Waals surface area contributed by atoms with Gasteiger partial charge in [-0.05, 0) is 24.3 Å². The lowest BCUT2D eigenvalue weighted by Gasteiger charge is -2.05. The molecule has 0 fully saturated rings. The number of hydrogen-bond donors (Lipinski definition) is 0. The molecular weight excluding hydrogens is 369 g/mol. The standard InChI is InChI=1S/C17H11F3N2O3S/c1-22-11-6-12-13(25-8-24-12)7-14(11)26-16(22)21-15(23)9-2-4-10(5-3-9)17(18,19)20/h2-7H,8H2,1H3. The van der Waals surface area contributed by atoms with E-state index in [1.165, 1.54) is 11.3 Å². The number of aromatic nitrogens is 1. The van der Waals surface area contributed by atoms with E-state index in [2.05, 4.69) is 4.99 Å². The van der Waals surface area contributed by atoms with Crippen LogP contribution in [0.25, 0.3) is 10.2 Å². The molecule has 9 heteroatoms. The molecule has 1 amide bonds. The van der Waals surface area contributed by atoms with Gasteiger partial charge in [0.05, 0.1) is 15.8 Å². The van der Waals surface area contributed by atoms with Gasteiger partial charge in [-0.15, -0.1) is 0 Å². The highest BCUT2D eigenvalue weighted by Gasteiger charge is 2.30. The van der Waals surface area contributed by atoms with Crippen LogP contribution in [-0.2, 0) is 13.2 Å². The Morgan fingerprint density at radius 3 is 2.46 bits per heavy atom. The Balaban J connectivity index is 1.71. The maximum atomic E-state index is 12.6. The summed E-state index contributed by atoms with van der Waals surface area (Å²) in [5.41, 5.74) is 0.0961. The number of hydrogen-bond acceptors (Lipinski definition) is 4. The summed E-state index contributed by atoms with van der Waals surface area (Å²) in [5, 5.41) is 0. The molecule has 0 unspecified atom stereocenters. The third-order valence-corrected chi connectivity index (χ3v) is 5.05. The summed E-state index contributed by atoms with van der Waals surface area (Å²) >= 11 is 1.28. The lowest BCUT2D eigenvalue weighted by atomic mass is 10.1. The number of nitrogens with zero attached hydrogens (tertiary/aromatic N) is 2. The number of aryl methyl sites for hydroxylation is 1. The van der Waals surface area contributed by atoms with Crippen molar-refractivity contribution < 1.29 is 27.4 Å². The normalized spacial score (nSPS) is 14.2. The van der Waals surface area contributed by atoms with Gasteiger partial charge in [-0.2, -0.15) is 18.2 Å². The second-order valence-electron chi connectivity index (χ2n) is 5.61. The highest BCUT2D eigenvalue weighted by molar-refractivity contribution is 7.16. The number of rotatable bonds is 1. The van der Waals surface area contributed by atoms with Crippen LogP contribution >= 0.6 is 11.3 Å². The number of thiazole rings is 1. The molecular formula is C17H11F3N2O3S. The Morgan fingerprint density at radius 2 is 1.81 bits per heavy atom. The first-order chi connectivity index (χ1) is 12.3. The molecule has 5 nitrogen and oxygen atoms in total. The zero-order valence-electron chi connectivity index (χ0n) is 13.3. The summed E-state index contributed by atoms with van der Waals surface area (Å²) in [5.74, 6) is 0.632. The zero-order chi connectivity index (χ0) is 18.5. The van der Waals surface area contributed by atoms with Crippen molar-refractivity contribution in [3.8, 4) is 11.5 Å². The van der Waals surface area contributed by atoms with E-state index in [1.54, 1.807) is 17.7 Å². The second kappa shape index (κ2) is 5.87. The van der Waals surface area contributed by atoms with Crippen molar-refractivity contribution in [1.82, 2.24) is 4.57 Å². The van der Waals surface area contributed by atoms with Crippen molar-refractivity contribution in [3.05, 3.63) is 52.3 Å². The van der Waals surface area contributed by atoms with Gasteiger partial charge in [0.1, 0.15) is 0 Å². The van der Waals surface area contributed by atoms with E-state index in [9.17, 15) is 18.0 Å². The summed E-state index contributed by atoms with van der Waals surface area (Å²) in [6.07, 6.45) is -4.44. The van der Waals surface area contributed by atoms with Gasteiger partial charge in [0.2, 0.25) is 6.79 Å². The third-order valence-electron chi connectivity index (χ3n) is 3.96. The summed E-state index contributed by atoms with van der Waals surface area (Å²) in [6.45, 7) is 0.167. The molecule has 1 aliphatic rings. The van der Waals surface area contributed by atoms with Crippen molar-refractivity contribution in [2.45, 2.75) is 6.18 Å². The first-order valence-corrected chi connectivity index (χ1v) is 8.30. The number of fused-ring (bicyclic) bond motifs is 2. The van der Waals surface area contributed by atoms with Crippen LogP contribution in [0, 0.1) is 0 Å². The van der Waals surface area contributed by atoms with E-state index in [0.717, 1.165) is 34.5 Å². The smallest absolute Gasteiger partial charge is 0.416 e. The fourth-order valence-corrected chi connectivity index (χ4v) is 3.60.